The molecule has 3 rings (SSSR count). The van der Waals surface area contributed by atoms with Gasteiger partial charge in [-0.2, -0.15) is 0 Å². The summed E-state index contributed by atoms with van der Waals surface area (Å²) in [6.07, 6.45) is 0. The molecule has 0 fully saturated rings. The summed E-state index contributed by atoms with van der Waals surface area (Å²) < 4.78 is 0. The molecule has 0 bridgehead atoms. The van der Waals surface area contributed by atoms with Crippen LogP contribution in [0.5, 0.6) is 0 Å². The van der Waals surface area contributed by atoms with Gasteiger partial charge in [-0.3, -0.25) is 4.79 Å². The van der Waals surface area contributed by atoms with Crippen molar-refractivity contribution >= 4 is 17.4 Å². The molecule has 126 valence electrons. The number of carbonyl (C=O) groups excluding carboxylic acids is 1. The summed E-state index contributed by atoms with van der Waals surface area (Å²) in [7, 11) is 0. The van der Waals surface area contributed by atoms with Crippen molar-refractivity contribution in [2.75, 3.05) is 5.32 Å². The average molecular weight is 332 g/mol. The zero-order chi connectivity index (χ0) is 17.6. The van der Waals surface area contributed by atoms with E-state index in [-0.39, 0.29) is 11.9 Å². The molecule has 5 heteroatoms. The van der Waals surface area contributed by atoms with Crippen LogP contribution in [0.2, 0.25) is 0 Å². The van der Waals surface area contributed by atoms with Crippen molar-refractivity contribution in [2.45, 2.75) is 19.9 Å². The molecule has 0 saturated heterocycles. The van der Waals surface area contributed by atoms with Crippen LogP contribution in [0.4, 0.5) is 11.5 Å². The Morgan fingerprint density at radius 2 is 1.72 bits per heavy atom. The van der Waals surface area contributed by atoms with Gasteiger partial charge in [0.05, 0.1) is 5.69 Å². The Balaban J connectivity index is 1.73. The van der Waals surface area contributed by atoms with Crippen LogP contribution in [0.3, 0.4) is 0 Å². The largest absolute Gasteiger partial charge is 0.350 e. The summed E-state index contributed by atoms with van der Waals surface area (Å²) in [6, 6.07) is 21.1. The fraction of sp³-hybridized carbons (Fsp3) is 0.150. The monoisotopic (exact) mass is 332 g/mol. The van der Waals surface area contributed by atoms with Gasteiger partial charge in [-0.05, 0) is 44.2 Å². The van der Waals surface area contributed by atoms with Gasteiger partial charge in [0.15, 0.2) is 5.82 Å². The van der Waals surface area contributed by atoms with Gasteiger partial charge in [0, 0.05) is 22.9 Å². The van der Waals surface area contributed by atoms with Crippen LogP contribution >= 0.6 is 0 Å². The highest BCUT2D eigenvalue weighted by atomic mass is 16.1. The van der Waals surface area contributed by atoms with E-state index in [0.29, 0.717) is 11.4 Å². The zero-order valence-electron chi connectivity index (χ0n) is 14.2. The molecule has 1 heterocycles. The van der Waals surface area contributed by atoms with E-state index in [0.717, 1.165) is 16.9 Å². The number of nitrogens with zero attached hydrogens (tertiary/aromatic N) is 2. The Bertz CT molecular complexity index is 845. The highest BCUT2D eigenvalue weighted by Gasteiger charge is 2.08. The van der Waals surface area contributed by atoms with Gasteiger partial charge in [-0.25, -0.2) is 0 Å². The minimum atomic E-state index is -0.0934. The lowest BCUT2D eigenvalue weighted by atomic mass is 10.1. The third-order valence-corrected chi connectivity index (χ3v) is 3.55. The first kappa shape index (κ1) is 16.6. The predicted octanol–water partition coefficient (Wildman–Crippen LogP) is 4.03. The first-order chi connectivity index (χ1) is 12.1. The Morgan fingerprint density at radius 3 is 2.40 bits per heavy atom. The van der Waals surface area contributed by atoms with E-state index in [9.17, 15) is 4.79 Å². The molecular weight excluding hydrogens is 312 g/mol. The van der Waals surface area contributed by atoms with Gasteiger partial charge in [0.1, 0.15) is 0 Å². The van der Waals surface area contributed by atoms with E-state index in [1.165, 1.54) is 0 Å². The Hall–Kier alpha value is -3.21. The van der Waals surface area contributed by atoms with Gasteiger partial charge in [0.25, 0.3) is 5.91 Å². The maximum Gasteiger partial charge on any atom is 0.251 e. The van der Waals surface area contributed by atoms with Crippen LogP contribution in [0.25, 0.3) is 11.3 Å². The summed E-state index contributed by atoms with van der Waals surface area (Å²) in [5.41, 5.74) is 3.23. The highest BCUT2D eigenvalue weighted by molar-refractivity contribution is 5.95. The molecule has 2 N–H and O–H groups in total. The van der Waals surface area contributed by atoms with Gasteiger partial charge in [-0.15, -0.1) is 10.2 Å². The van der Waals surface area contributed by atoms with E-state index in [2.05, 4.69) is 20.8 Å². The number of rotatable bonds is 5. The number of aromatic nitrogens is 2. The predicted molar refractivity (Wildman–Crippen MR) is 99.8 cm³/mol. The van der Waals surface area contributed by atoms with E-state index in [1.807, 2.05) is 68.4 Å². The van der Waals surface area contributed by atoms with Crippen molar-refractivity contribution < 1.29 is 4.79 Å². The number of benzene rings is 2. The molecule has 25 heavy (non-hydrogen) atoms. The van der Waals surface area contributed by atoms with Crippen LogP contribution in [0, 0.1) is 0 Å². The molecule has 0 aliphatic heterocycles. The number of nitrogens with one attached hydrogen (secondary N) is 2. The minimum Gasteiger partial charge on any atom is -0.350 e. The second-order valence-corrected chi connectivity index (χ2v) is 6.00. The third kappa shape index (κ3) is 4.41. The Labute approximate surface area is 147 Å². The summed E-state index contributed by atoms with van der Waals surface area (Å²) in [6.45, 7) is 3.87. The van der Waals surface area contributed by atoms with Crippen molar-refractivity contribution in [1.29, 1.82) is 0 Å². The summed E-state index contributed by atoms with van der Waals surface area (Å²) >= 11 is 0. The van der Waals surface area contributed by atoms with Crippen LogP contribution < -0.4 is 10.6 Å². The lowest BCUT2D eigenvalue weighted by Crippen LogP contribution is -2.30. The molecule has 2 aromatic carbocycles. The number of hydrogen-bond acceptors (Lipinski definition) is 4. The Kier molecular flexibility index (Phi) is 5.04. The van der Waals surface area contributed by atoms with Crippen LogP contribution in [-0.4, -0.2) is 22.1 Å². The molecule has 1 aromatic heterocycles. The molecule has 0 spiro atoms. The summed E-state index contributed by atoms with van der Waals surface area (Å²) in [5, 5.41) is 14.5. The van der Waals surface area contributed by atoms with Crippen LogP contribution in [0.1, 0.15) is 24.2 Å². The van der Waals surface area contributed by atoms with Crippen LogP contribution in [-0.2, 0) is 0 Å². The molecule has 0 aliphatic carbocycles. The number of amides is 1. The maximum absolute atomic E-state index is 12.1. The van der Waals surface area contributed by atoms with Gasteiger partial charge in [-0.1, -0.05) is 36.4 Å². The second-order valence-electron chi connectivity index (χ2n) is 6.00. The quantitative estimate of drug-likeness (QED) is 0.740. The zero-order valence-corrected chi connectivity index (χ0v) is 14.2. The van der Waals surface area contributed by atoms with E-state index >= 15 is 0 Å². The lowest BCUT2D eigenvalue weighted by Gasteiger charge is -2.10. The van der Waals surface area contributed by atoms with Crippen molar-refractivity contribution in [2.24, 2.45) is 0 Å². The van der Waals surface area contributed by atoms with Crippen molar-refractivity contribution in [1.82, 2.24) is 15.5 Å². The number of carbonyl (C=O) groups is 1. The normalized spacial score (nSPS) is 10.5. The van der Waals surface area contributed by atoms with Crippen LogP contribution in [0.15, 0.2) is 66.7 Å². The smallest absolute Gasteiger partial charge is 0.251 e. The molecule has 0 atom stereocenters. The van der Waals surface area contributed by atoms with E-state index in [1.54, 1.807) is 12.1 Å². The summed E-state index contributed by atoms with van der Waals surface area (Å²) in [4.78, 5) is 12.1. The van der Waals surface area contributed by atoms with Crippen molar-refractivity contribution in [3.8, 4) is 11.3 Å². The lowest BCUT2D eigenvalue weighted by molar-refractivity contribution is 0.0943. The topological polar surface area (TPSA) is 66.9 Å². The fourth-order valence-electron chi connectivity index (χ4n) is 2.39. The van der Waals surface area contributed by atoms with Gasteiger partial charge >= 0.3 is 0 Å². The molecule has 3 aromatic rings. The standard InChI is InChI=1S/C20H20N4O/c1-14(2)21-20(25)16-9-6-10-17(13-16)22-19-12-11-18(23-24-19)15-7-4-3-5-8-15/h3-14H,1-2H3,(H,21,25)(H,22,24). The summed E-state index contributed by atoms with van der Waals surface area (Å²) in [5.74, 6) is 0.533. The van der Waals surface area contributed by atoms with E-state index in [4.69, 9.17) is 0 Å². The molecule has 0 saturated carbocycles. The minimum absolute atomic E-state index is 0.0934. The SMILES string of the molecule is CC(C)NC(=O)c1cccc(Nc2ccc(-c3ccccc3)nn2)c1. The number of anilines is 2. The van der Waals surface area contributed by atoms with E-state index < -0.39 is 0 Å². The van der Waals surface area contributed by atoms with Gasteiger partial charge < -0.3 is 10.6 Å². The highest BCUT2D eigenvalue weighted by Crippen LogP contribution is 2.19. The van der Waals surface area contributed by atoms with Gasteiger partial charge in [0.2, 0.25) is 0 Å². The molecule has 0 aliphatic rings. The first-order valence-corrected chi connectivity index (χ1v) is 8.19. The second kappa shape index (κ2) is 7.57. The first-order valence-electron chi connectivity index (χ1n) is 8.19. The Morgan fingerprint density at radius 1 is 0.920 bits per heavy atom. The molecule has 0 radical (unpaired) electrons. The van der Waals surface area contributed by atoms with Crippen molar-refractivity contribution in [3.63, 3.8) is 0 Å². The maximum atomic E-state index is 12.1. The fourth-order valence-corrected chi connectivity index (χ4v) is 2.39. The van der Waals surface area contributed by atoms with Crippen molar-refractivity contribution in [3.05, 3.63) is 72.3 Å². The molecule has 5 nitrogen and oxygen atoms in total. The molecule has 0 unspecified atom stereocenters. The average Bonchev–Trinajstić information content (AvgIpc) is 2.63. The molecular formula is C20H20N4O. The number of hydrogen-bond donors (Lipinski definition) is 2. The molecule has 1 amide bonds. The third-order valence-electron chi connectivity index (χ3n) is 3.55.